The van der Waals surface area contributed by atoms with E-state index in [0.717, 1.165) is 45.4 Å². The lowest BCUT2D eigenvalue weighted by molar-refractivity contribution is -0.120. The number of ether oxygens (including phenoxy) is 1. The normalized spacial score (nSPS) is 23.0. The summed E-state index contributed by atoms with van der Waals surface area (Å²) in [6.45, 7) is 7.18. The quantitative estimate of drug-likeness (QED) is 0.667. The number of hydrogen-bond donors (Lipinski definition) is 0. The topological polar surface area (TPSA) is 29.5 Å². The molecule has 94 valence electrons. The SMILES string of the molecule is CCN(CCC1CCCC1=O)C(C)COC. The van der Waals surface area contributed by atoms with Gasteiger partial charge in [-0.2, -0.15) is 0 Å². The van der Waals surface area contributed by atoms with Crippen molar-refractivity contribution in [3.8, 4) is 0 Å². The Hall–Kier alpha value is -0.410. The fourth-order valence-corrected chi connectivity index (χ4v) is 2.55. The van der Waals surface area contributed by atoms with Crippen LogP contribution in [0.15, 0.2) is 0 Å². The minimum Gasteiger partial charge on any atom is -0.383 e. The molecule has 0 radical (unpaired) electrons. The molecule has 0 aromatic heterocycles. The second-order valence-corrected chi connectivity index (χ2v) is 4.78. The third-order valence-electron chi connectivity index (χ3n) is 3.63. The van der Waals surface area contributed by atoms with E-state index in [9.17, 15) is 4.79 Å². The number of Topliss-reactive ketones (excluding diaryl/α,β-unsaturated/α-hetero) is 1. The van der Waals surface area contributed by atoms with E-state index < -0.39 is 0 Å². The van der Waals surface area contributed by atoms with Gasteiger partial charge in [0, 0.05) is 25.5 Å². The number of carbonyl (C=O) groups is 1. The van der Waals surface area contributed by atoms with Gasteiger partial charge in [0.25, 0.3) is 0 Å². The lowest BCUT2D eigenvalue weighted by Gasteiger charge is -2.28. The maximum absolute atomic E-state index is 11.5. The smallest absolute Gasteiger partial charge is 0.136 e. The highest BCUT2D eigenvalue weighted by atomic mass is 16.5. The molecule has 1 saturated carbocycles. The fourth-order valence-electron chi connectivity index (χ4n) is 2.55. The molecule has 0 heterocycles. The molecular weight excluding hydrogens is 202 g/mol. The highest BCUT2D eigenvalue weighted by Crippen LogP contribution is 2.24. The van der Waals surface area contributed by atoms with Gasteiger partial charge in [-0.05, 0) is 39.3 Å². The third-order valence-corrected chi connectivity index (χ3v) is 3.63. The number of ketones is 1. The van der Waals surface area contributed by atoms with Crippen molar-refractivity contribution >= 4 is 5.78 Å². The van der Waals surface area contributed by atoms with Crippen molar-refractivity contribution in [1.82, 2.24) is 4.90 Å². The largest absolute Gasteiger partial charge is 0.383 e. The van der Waals surface area contributed by atoms with Crippen LogP contribution in [0.5, 0.6) is 0 Å². The van der Waals surface area contributed by atoms with Crippen molar-refractivity contribution in [1.29, 1.82) is 0 Å². The van der Waals surface area contributed by atoms with E-state index in [4.69, 9.17) is 4.74 Å². The van der Waals surface area contributed by atoms with Crippen LogP contribution < -0.4 is 0 Å². The molecule has 2 unspecified atom stereocenters. The van der Waals surface area contributed by atoms with Gasteiger partial charge in [-0.25, -0.2) is 0 Å². The first kappa shape index (κ1) is 13.7. The van der Waals surface area contributed by atoms with Crippen LogP contribution in [0, 0.1) is 5.92 Å². The maximum atomic E-state index is 11.5. The van der Waals surface area contributed by atoms with Crippen LogP contribution in [0.2, 0.25) is 0 Å². The summed E-state index contributed by atoms with van der Waals surface area (Å²) >= 11 is 0. The molecule has 2 atom stereocenters. The summed E-state index contributed by atoms with van der Waals surface area (Å²) in [5.41, 5.74) is 0. The Balaban J connectivity index is 2.30. The molecule has 0 aromatic rings. The van der Waals surface area contributed by atoms with Crippen LogP contribution in [0.25, 0.3) is 0 Å². The molecule has 3 nitrogen and oxygen atoms in total. The van der Waals surface area contributed by atoms with Crippen molar-refractivity contribution in [2.24, 2.45) is 5.92 Å². The predicted octanol–water partition coefficient (Wildman–Crippen LogP) is 2.10. The van der Waals surface area contributed by atoms with E-state index in [1.807, 2.05) is 0 Å². The molecule has 0 spiro atoms. The van der Waals surface area contributed by atoms with Gasteiger partial charge >= 0.3 is 0 Å². The summed E-state index contributed by atoms with van der Waals surface area (Å²) < 4.78 is 5.17. The van der Waals surface area contributed by atoms with Crippen molar-refractivity contribution in [2.75, 3.05) is 26.8 Å². The Morgan fingerprint density at radius 3 is 2.81 bits per heavy atom. The van der Waals surface area contributed by atoms with Gasteiger partial charge in [-0.1, -0.05) is 6.92 Å². The van der Waals surface area contributed by atoms with Crippen LogP contribution >= 0.6 is 0 Å². The minimum absolute atomic E-state index is 0.337. The Kier molecular flexibility index (Phi) is 5.99. The van der Waals surface area contributed by atoms with Gasteiger partial charge in [-0.15, -0.1) is 0 Å². The first-order valence-electron chi connectivity index (χ1n) is 6.44. The number of nitrogens with zero attached hydrogens (tertiary/aromatic N) is 1. The van der Waals surface area contributed by atoms with Crippen molar-refractivity contribution < 1.29 is 9.53 Å². The second-order valence-electron chi connectivity index (χ2n) is 4.78. The lowest BCUT2D eigenvalue weighted by atomic mass is 10.0. The summed E-state index contributed by atoms with van der Waals surface area (Å²) in [6, 6.07) is 0.450. The van der Waals surface area contributed by atoms with E-state index in [1.54, 1.807) is 7.11 Å². The van der Waals surface area contributed by atoms with Crippen LogP contribution in [0.3, 0.4) is 0 Å². The highest BCUT2D eigenvalue weighted by Gasteiger charge is 2.25. The van der Waals surface area contributed by atoms with Gasteiger partial charge in [0.1, 0.15) is 5.78 Å². The molecule has 0 saturated heterocycles. The fraction of sp³-hybridized carbons (Fsp3) is 0.923. The second kappa shape index (κ2) is 7.02. The van der Waals surface area contributed by atoms with Gasteiger partial charge in [0.2, 0.25) is 0 Å². The molecule has 1 aliphatic rings. The van der Waals surface area contributed by atoms with Crippen molar-refractivity contribution in [2.45, 2.75) is 45.6 Å². The van der Waals surface area contributed by atoms with E-state index in [0.29, 0.717) is 17.7 Å². The molecule has 16 heavy (non-hydrogen) atoms. The van der Waals surface area contributed by atoms with Gasteiger partial charge in [0.15, 0.2) is 0 Å². The average Bonchev–Trinajstić information content (AvgIpc) is 2.66. The molecule has 1 rings (SSSR count). The Morgan fingerprint density at radius 2 is 2.31 bits per heavy atom. The zero-order chi connectivity index (χ0) is 12.0. The van der Waals surface area contributed by atoms with Crippen LogP contribution in [0.4, 0.5) is 0 Å². The molecule has 0 aliphatic heterocycles. The van der Waals surface area contributed by atoms with E-state index >= 15 is 0 Å². The Bertz CT molecular complexity index is 218. The van der Waals surface area contributed by atoms with Crippen LogP contribution in [-0.4, -0.2) is 43.5 Å². The van der Waals surface area contributed by atoms with Gasteiger partial charge in [0.05, 0.1) is 6.61 Å². The Labute approximate surface area is 99.1 Å². The molecule has 1 aliphatic carbocycles. The molecule has 0 amide bonds. The van der Waals surface area contributed by atoms with Gasteiger partial charge < -0.3 is 4.74 Å². The summed E-state index contributed by atoms with van der Waals surface area (Å²) in [5.74, 6) is 0.819. The summed E-state index contributed by atoms with van der Waals surface area (Å²) in [7, 11) is 1.74. The van der Waals surface area contributed by atoms with E-state index in [1.165, 1.54) is 0 Å². The molecule has 0 N–H and O–H groups in total. The van der Waals surface area contributed by atoms with Gasteiger partial charge in [-0.3, -0.25) is 9.69 Å². The first-order valence-corrected chi connectivity index (χ1v) is 6.44. The molecule has 3 heteroatoms. The third kappa shape index (κ3) is 3.87. The van der Waals surface area contributed by atoms with E-state index in [2.05, 4.69) is 18.7 Å². The minimum atomic E-state index is 0.337. The molecule has 0 aromatic carbocycles. The first-order chi connectivity index (χ1) is 7.69. The number of hydrogen-bond acceptors (Lipinski definition) is 3. The maximum Gasteiger partial charge on any atom is 0.136 e. The molecule has 1 fully saturated rings. The monoisotopic (exact) mass is 227 g/mol. The number of carbonyl (C=O) groups excluding carboxylic acids is 1. The summed E-state index contributed by atoms with van der Waals surface area (Å²) in [5, 5.41) is 0. The average molecular weight is 227 g/mol. The lowest BCUT2D eigenvalue weighted by Crippen LogP contribution is -2.37. The predicted molar refractivity (Wildman–Crippen MR) is 65.6 cm³/mol. The van der Waals surface area contributed by atoms with Crippen molar-refractivity contribution in [3.05, 3.63) is 0 Å². The molecule has 0 bridgehead atoms. The van der Waals surface area contributed by atoms with Crippen LogP contribution in [-0.2, 0) is 9.53 Å². The zero-order valence-corrected chi connectivity index (χ0v) is 10.9. The van der Waals surface area contributed by atoms with E-state index in [-0.39, 0.29) is 0 Å². The zero-order valence-electron chi connectivity index (χ0n) is 10.9. The summed E-state index contributed by atoms with van der Waals surface area (Å²) in [6.07, 6.45) is 4.05. The molecular formula is C13H25NO2. The highest BCUT2D eigenvalue weighted by molar-refractivity contribution is 5.82. The Morgan fingerprint density at radius 1 is 1.56 bits per heavy atom. The standard InChI is InChI=1S/C13H25NO2/c1-4-14(11(2)10-16-3)9-8-12-6-5-7-13(12)15/h11-12H,4-10H2,1-3H3. The number of rotatable bonds is 7. The van der Waals surface area contributed by atoms with Crippen molar-refractivity contribution in [3.63, 3.8) is 0 Å². The number of likely N-dealkylation sites (N-methyl/N-ethyl adjacent to an activating group) is 1. The number of methoxy groups -OCH3 is 1. The summed E-state index contributed by atoms with van der Waals surface area (Å²) in [4.78, 5) is 13.9. The van der Waals surface area contributed by atoms with Crippen LogP contribution in [0.1, 0.15) is 39.5 Å².